The molecule has 0 rings (SSSR count). The van der Waals surface area contributed by atoms with Gasteiger partial charge in [0.1, 0.15) is 19.3 Å². The van der Waals surface area contributed by atoms with E-state index in [1.165, 1.54) is 244 Å². The lowest BCUT2D eigenvalue weighted by Crippen LogP contribution is -2.30. The quantitative estimate of drug-likeness (QED) is 0.0222. The van der Waals surface area contributed by atoms with Gasteiger partial charge in [0.2, 0.25) is 0 Å². The number of carbonyl (C=O) groups is 4. The molecule has 624 valence electrons. The summed E-state index contributed by atoms with van der Waals surface area (Å²) in [6, 6.07) is 0. The van der Waals surface area contributed by atoms with Crippen molar-refractivity contribution in [1.82, 2.24) is 0 Å². The molecule has 0 aromatic carbocycles. The van der Waals surface area contributed by atoms with E-state index in [1.54, 1.807) is 0 Å². The summed E-state index contributed by atoms with van der Waals surface area (Å²) in [6.07, 6.45) is 64.0. The van der Waals surface area contributed by atoms with Gasteiger partial charge in [0.05, 0.1) is 26.4 Å². The number of esters is 4. The smallest absolute Gasteiger partial charge is 0.462 e. The van der Waals surface area contributed by atoms with Crippen LogP contribution in [0.15, 0.2) is 0 Å². The Kier molecular flexibility index (Phi) is 73.4. The number of rotatable bonds is 83. The van der Waals surface area contributed by atoms with Crippen LogP contribution in [-0.4, -0.2) is 96.7 Å². The van der Waals surface area contributed by atoms with Crippen LogP contribution in [-0.2, 0) is 65.4 Å². The SMILES string of the molecule is CCC(C)CCCCCCCCCCCCCCCCCCCCC(=O)O[C@H](COC(=O)CCCCCCCCCCCCCCCCC(C)C)COP(=O)(O)OCC(O)COP(=O)(O)OC[C@@H](COC(=O)CCCCCCCCC(C)C)OC(=O)CCCCCCCCCCCCCCCCC(C)C. The molecule has 0 aliphatic heterocycles. The predicted octanol–water partition coefficient (Wildman–Crippen LogP) is 25.9. The van der Waals surface area contributed by atoms with Gasteiger partial charge in [0.15, 0.2) is 12.2 Å². The number of hydrogen-bond donors (Lipinski definition) is 3. The summed E-state index contributed by atoms with van der Waals surface area (Å²) in [6.45, 7) is 14.3. The van der Waals surface area contributed by atoms with Crippen molar-refractivity contribution in [2.75, 3.05) is 39.6 Å². The topological polar surface area (TPSA) is 237 Å². The van der Waals surface area contributed by atoms with Gasteiger partial charge in [-0.2, -0.15) is 0 Å². The molecule has 0 aliphatic carbocycles. The highest BCUT2D eigenvalue weighted by Crippen LogP contribution is 2.45. The first kappa shape index (κ1) is 103. The molecule has 105 heavy (non-hydrogen) atoms. The third-order valence-corrected chi connectivity index (χ3v) is 22.3. The van der Waals surface area contributed by atoms with Crippen LogP contribution < -0.4 is 0 Å². The lowest BCUT2D eigenvalue weighted by Gasteiger charge is -2.21. The van der Waals surface area contributed by atoms with Gasteiger partial charge in [0, 0.05) is 25.7 Å². The highest BCUT2D eigenvalue weighted by atomic mass is 31.2. The standard InChI is InChI=1S/C86H168O17P2/c1-9-79(8)65-57-49-40-34-28-22-14-12-10-11-13-15-24-30-36-42-52-60-68-85(90)102-81(72-96-83(88)66-58-50-41-35-29-23-18-16-20-26-32-38-46-54-62-76(2)3)74-100-104(92,93)98-70-80(87)71-99-105(94,95)101-75-82(73-97-84(89)67-59-51-45-44-48-56-64-78(6)7)103-86(91)69-61-53-43-37-31-25-19-17-21-27-33-39-47-55-63-77(4)5/h76-82,87H,9-75H2,1-8H3,(H,92,93)(H,94,95)/t79?,80?,81-,82-/m1/s1. The van der Waals surface area contributed by atoms with Crippen LogP contribution in [0.5, 0.6) is 0 Å². The van der Waals surface area contributed by atoms with Gasteiger partial charge in [-0.1, -0.05) is 396 Å². The Morgan fingerprint density at radius 2 is 0.457 bits per heavy atom. The van der Waals surface area contributed by atoms with Gasteiger partial charge in [0.25, 0.3) is 0 Å². The molecule has 0 spiro atoms. The van der Waals surface area contributed by atoms with Crippen molar-refractivity contribution in [2.24, 2.45) is 23.7 Å². The summed E-state index contributed by atoms with van der Waals surface area (Å²) < 4.78 is 68.8. The average molecular weight is 1540 g/mol. The fourth-order valence-electron chi connectivity index (χ4n) is 13.3. The molecule has 0 heterocycles. The molecule has 3 N–H and O–H groups in total. The third kappa shape index (κ3) is 78.5. The molecule has 4 unspecified atom stereocenters. The summed E-state index contributed by atoms with van der Waals surface area (Å²) >= 11 is 0. The fraction of sp³-hybridized carbons (Fsp3) is 0.953. The van der Waals surface area contributed by atoms with Crippen molar-refractivity contribution in [3.05, 3.63) is 0 Å². The minimum atomic E-state index is -4.97. The summed E-state index contributed by atoms with van der Waals surface area (Å²) in [7, 11) is -9.93. The Balaban J connectivity index is 5.21. The van der Waals surface area contributed by atoms with E-state index in [-0.39, 0.29) is 25.7 Å². The maximum Gasteiger partial charge on any atom is 0.472 e. The van der Waals surface area contributed by atoms with Crippen LogP contribution in [0.25, 0.3) is 0 Å². The van der Waals surface area contributed by atoms with Gasteiger partial charge < -0.3 is 33.8 Å². The van der Waals surface area contributed by atoms with Crippen LogP contribution in [0.1, 0.15) is 447 Å². The molecule has 0 fully saturated rings. The third-order valence-electron chi connectivity index (χ3n) is 20.4. The lowest BCUT2D eigenvalue weighted by atomic mass is 9.99. The summed E-state index contributed by atoms with van der Waals surface area (Å²) in [5, 5.41) is 10.7. The summed E-state index contributed by atoms with van der Waals surface area (Å²) in [5.74, 6) is 1.03. The average Bonchev–Trinajstić information content (AvgIpc) is 0.909. The van der Waals surface area contributed by atoms with Crippen LogP contribution in [0.4, 0.5) is 0 Å². The van der Waals surface area contributed by atoms with Gasteiger partial charge in [-0.05, 0) is 49.4 Å². The molecule has 0 saturated carbocycles. The van der Waals surface area contributed by atoms with Crippen molar-refractivity contribution in [1.29, 1.82) is 0 Å². The van der Waals surface area contributed by atoms with Gasteiger partial charge >= 0.3 is 39.5 Å². The largest absolute Gasteiger partial charge is 0.472 e. The molecule has 19 heteroatoms. The second kappa shape index (κ2) is 74.8. The number of aliphatic hydroxyl groups is 1. The zero-order chi connectivity index (χ0) is 77.4. The summed E-state index contributed by atoms with van der Waals surface area (Å²) in [5.41, 5.74) is 0. The van der Waals surface area contributed by atoms with E-state index in [2.05, 4.69) is 55.4 Å². The number of unbranched alkanes of at least 4 members (excludes halogenated alkanes) is 48. The van der Waals surface area contributed by atoms with Gasteiger partial charge in [-0.15, -0.1) is 0 Å². The van der Waals surface area contributed by atoms with E-state index in [0.717, 1.165) is 114 Å². The van der Waals surface area contributed by atoms with Crippen molar-refractivity contribution in [3.63, 3.8) is 0 Å². The molecule has 6 atom stereocenters. The maximum absolute atomic E-state index is 13.1. The molecule has 0 saturated heterocycles. The molecular formula is C86H168O17P2. The minimum Gasteiger partial charge on any atom is -0.462 e. The van der Waals surface area contributed by atoms with Crippen molar-refractivity contribution in [3.8, 4) is 0 Å². The highest BCUT2D eigenvalue weighted by Gasteiger charge is 2.31. The Bertz CT molecular complexity index is 2040. The number of ether oxygens (including phenoxy) is 4. The van der Waals surface area contributed by atoms with Crippen molar-refractivity contribution < 1.29 is 80.2 Å². The zero-order valence-electron chi connectivity index (χ0n) is 69.4. The molecule has 17 nitrogen and oxygen atoms in total. The molecule has 0 bridgehead atoms. The molecule has 0 radical (unpaired) electrons. The van der Waals surface area contributed by atoms with Crippen LogP contribution >= 0.6 is 15.6 Å². The van der Waals surface area contributed by atoms with Gasteiger partial charge in [-0.3, -0.25) is 37.3 Å². The Hall–Kier alpha value is -1.94. The molecule has 0 amide bonds. The van der Waals surface area contributed by atoms with E-state index in [0.29, 0.717) is 31.6 Å². The van der Waals surface area contributed by atoms with E-state index >= 15 is 0 Å². The van der Waals surface area contributed by atoms with E-state index in [9.17, 15) is 43.2 Å². The van der Waals surface area contributed by atoms with Crippen LogP contribution in [0.3, 0.4) is 0 Å². The lowest BCUT2D eigenvalue weighted by molar-refractivity contribution is -0.161. The number of aliphatic hydroxyl groups excluding tert-OH is 1. The van der Waals surface area contributed by atoms with E-state index < -0.39 is 97.5 Å². The number of phosphoric acid groups is 2. The first-order valence-electron chi connectivity index (χ1n) is 44.2. The Labute approximate surface area is 645 Å². The summed E-state index contributed by atoms with van der Waals surface area (Å²) in [4.78, 5) is 73.2. The maximum atomic E-state index is 13.1. The van der Waals surface area contributed by atoms with E-state index in [1.807, 2.05) is 0 Å². The fourth-order valence-corrected chi connectivity index (χ4v) is 14.9. The van der Waals surface area contributed by atoms with Crippen LogP contribution in [0.2, 0.25) is 0 Å². The second-order valence-corrected chi connectivity index (χ2v) is 35.5. The first-order valence-corrected chi connectivity index (χ1v) is 47.2. The zero-order valence-corrected chi connectivity index (χ0v) is 71.2. The van der Waals surface area contributed by atoms with Crippen molar-refractivity contribution >= 4 is 39.5 Å². The first-order chi connectivity index (χ1) is 50.6. The predicted molar refractivity (Wildman–Crippen MR) is 432 cm³/mol. The van der Waals surface area contributed by atoms with Crippen LogP contribution in [0, 0.1) is 23.7 Å². The number of phosphoric ester groups is 2. The monoisotopic (exact) mass is 1540 g/mol. The normalized spacial score (nSPS) is 14.2. The van der Waals surface area contributed by atoms with Gasteiger partial charge in [-0.25, -0.2) is 9.13 Å². The molecule has 0 aliphatic rings. The Morgan fingerprint density at radius 1 is 0.267 bits per heavy atom. The molecule has 0 aromatic rings. The molecular weight excluding hydrogens is 1370 g/mol. The number of hydrogen-bond acceptors (Lipinski definition) is 15. The minimum absolute atomic E-state index is 0.106. The van der Waals surface area contributed by atoms with E-state index in [4.69, 9.17) is 37.0 Å². The highest BCUT2D eigenvalue weighted by molar-refractivity contribution is 7.47. The van der Waals surface area contributed by atoms with Crippen molar-refractivity contribution in [2.45, 2.75) is 465 Å². The molecule has 0 aromatic heterocycles. The Morgan fingerprint density at radius 3 is 0.676 bits per heavy atom. The number of carbonyl (C=O) groups excluding carboxylic acids is 4. The second-order valence-electron chi connectivity index (χ2n) is 32.6.